The Morgan fingerprint density at radius 3 is 2.04 bits per heavy atom. The van der Waals surface area contributed by atoms with Gasteiger partial charge in [0.05, 0.1) is 6.42 Å². The largest absolute Gasteiger partial charge is 0.490 e. The van der Waals surface area contributed by atoms with Crippen LogP contribution in [0.3, 0.4) is 0 Å². The Morgan fingerprint density at radius 1 is 1.00 bits per heavy atom. The van der Waals surface area contributed by atoms with E-state index < -0.39 is 5.97 Å². The smallest absolute Gasteiger partial charge is 0.307 e. The molecule has 23 heavy (non-hydrogen) atoms. The molecule has 0 bridgehead atoms. The van der Waals surface area contributed by atoms with Gasteiger partial charge in [-0.1, -0.05) is 23.7 Å². The molecule has 5 heteroatoms. The third-order valence-electron chi connectivity index (χ3n) is 3.31. The number of rotatable bonds is 7. The van der Waals surface area contributed by atoms with Crippen LogP contribution in [0.1, 0.15) is 16.7 Å². The highest BCUT2D eigenvalue weighted by molar-refractivity contribution is 6.32. The highest BCUT2D eigenvalue weighted by Crippen LogP contribution is 2.25. The number of halogens is 1. The van der Waals surface area contributed by atoms with E-state index in [4.69, 9.17) is 26.2 Å². The number of carboxylic acid groups (broad SMARTS) is 1. The summed E-state index contributed by atoms with van der Waals surface area (Å²) in [7, 11) is 0. The van der Waals surface area contributed by atoms with Crippen molar-refractivity contribution in [3.8, 4) is 11.5 Å². The van der Waals surface area contributed by atoms with Crippen LogP contribution in [0, 0.1) is 13.8 Å². The summed E-state index contributed by atoms with van der Waals surface area (Å²) < 4.78 is 11.2. The number of carbonyl (C=O) groups is 1. The van der Waals surface area contributed by atoms with E-state index in [1.165, 1.54) is 0 Å². The van der Waals surface area contributed by atoms with E-state index in [0.717, 1.165) is 27.5 Å². The molecule has 0 amide bonds. The summed E-state index contributed by atoms with van der Waals surface area (Å²) in [6, 6.07) is 10.8. The van der Waals surface area contributed by atoms with Crippen LogP contribution in [0.2, 0.25) is 5.02 Å². The highest BCUT2D eigenvalue weighted by Gasteiger charge is 2.04. The average Bonchev–Trinajstić information content (AvgIpc) is 2.50. The van der Waals surface area contributed by atoms with Crippen molar-refractivity contribution < 1.29 is 19.4 Å². The minimum Gasteiger partial charge on any atom is -0.490 e. The van der Waals surface area contributed by atoms with Gasteiger partial charge in [-0.25, -0.2) is 0 Å². The van der Waals surface area contributed by atoms with Gasteiger partial charge in [-0.2, -0.15) is 0 Å². The van der Waals surface area contributed by atoms with Crippen molar-refractivity contribution in [2.24, 2.45) is 0 Å². The molecule has 0 spiro atoms. The van der Waals surface area contributed by atoms with Gasteiger partial charge in [0.15, 0.2) is 0 Å². The fourth-order valence-corrected chi connectivity index (χ4v) is 2.30. The van der Waals surface area contributed by atoms with Gasteiger partial charge in [0.1, 0.15) is 24.7 Å². The maximum absolute atomic E-state index is 10.6. The number of hydrogen-bond donors (Lipinski definition) is 1. The lowest BCUT2D eigenvalue weighted by Gasteiger charge is -2.11. The second-order valence-electron chi connectivity index (χ2n) is 5.28. The zero-order chi connectivity index (χ0) is 16.8. The molecule has 1 N–H and O–H groups in total. The van der Waals surface area contributed by atoms with Crippen LogP contribution < -0.4 is 9.47 Å². The van der Waals surface area contributed by atoms with Crippen LogP contribution in [0.5, 0.6) is 11.5 Å². The first-order chi connectivity index (χ1) is 11.0. The molecule has 0 saturated heterocycles. The van der Waals surface area contributed by atoms with Crippen LogP contribution in [0.15, 0.2) is 36.4 Å². The van der Waals surface area contributed by atoms with Gasteiger partial charge in [0.2, 0.25) is 0 Å². The lowest BCUT2D eigenvalue weighted by atomic mass is 10.1. The molecule has 4 nitrogen and oxygen atoms in total. The Hall–Kier alpha value is -2.20. The Labute approximate surface area is 140 Å². The lowest BCUT2D eigenvalue weighted by molar-refractivity contribution is -0.136. The van der Waals surface area contributed by atoms with Crippen molar-refractivity contribution >= 4 is 17.6 Å². The third kappa shape index (κ3) is 5.18. The second kappa shape index (κ2) is 7.88. The fraction of sp³-hybridized carbons (Fsp3) is 0.278. The average molecular weight is 335 g/mol. The number of benzene rings is 2. The molecule has 0 atom stereocenters. The molecule has 0 aliphatic rings. The normalized spacial score (nSPS) is 10.4. The van der Waals surface area contributed by atoms with Crippen molar-refractivity contribution in [1.82, 2.24) is 0 Å². The number of hydrogen-bond acceptors (Lipinski definition) is 3. The molecule has 0 heterocycles. The Bertz CT molecular complexity index is 657. The molecule has 0 aromatic heterocycles. The predicted octanol–water partition coefficient (Wildman–Crippen LogP) is 4.04. The SMILES string of the molecule is Cc1cc(OCCOc2ccc(CC(=O)O)cc2)cc(C)c1Cl. The van der Waals surface area contributed by atoms with Crippen LogP contribution in [0.4, 0.5) is 0 Å². The summed E-state index contributed by atoms with van der Waals surface area (Å²) in [5, 5.41) is 9.48. The number of ether oxygens (including phenoxy) is 2. The molecule has 0 radical (unpaired) electrons. The van der Waals surface area contributed by atoms with Crippen molar-refractivity contribution in [3.05, 3.63) is 58.1 Å². The first kappa shape index (κ1) is 17.2. The first-order valence-electron chi connectivity index (χ1n) is 7.29. The van der Waals surface area contributed by atoms with Crippen LogP contribution in [0.25, 0.3) is 0 Å². The van der Waals surface area contributed by atoms with E-state index in [-0.39, 0.29) is 6.42 Å². The summed E-state index contributed by atoms with van der Waals surface area (Å²) in [4.78, 5) is 10.6. The maximum atomic E-state index is 10.6. The minimum atomic E-state index is -0.847. The molecule has 0 unspecified atom stereocenters. The lowest BCUT2D eigenvalue weighted by Crippen LogP contribution is -2.09. The molecule has 2 aromatic carbocycles. The van der Waals surface area contributed by atoms with Gasteiger partial charge in [0, 0.05) is 5.02 Å². The van der Waals surface area contributed by atoms with Crippen LogP contribution in [-0.2, 0) is 11.2 Å². The predicted molar refractivity (Wildman–Crippen MR) is 89.7 cm³/mol. The maximum Gasteiger partial charge on any atom is 0.307 e. The summed E-state index contributed by atoms with van der Waals surface area (Å²) >= 11 is 6.12. The van der Waals surface area contributed by atoms with Crippen molar-refractivity contribution in [1.29, 1.82) is 0 Å². The van der Waals surface area contributed by atoms with Gasteiger partial charge >= 0.3 is 5.97 Å². The monoisotopic (exact) mass is 334 g/mol. The molecular formula is C18H19ClO4. The zero-order valence-electron chi connectivity index (χ0n) is 13.1. The quantitative estimate of drug-likeness (QED) is 0.776. The molecule has 0 aliphatic carbocycles. The van der Waals surface area contributed by atoms with E-state index in [1.807, 2.05) is 26.0 Å². The van der Waals surface area contributed by atoms with Crippen molar-refractivity contribution in [2.45, 2.75) is 20.3 Å². The summed E-state index contributed by atoms with van der Waals surface area (Å²) in [5.74, 6) is 0.608. The van der Waals surface area contributed by atoms with Crippen LogP contribution in [-0.4, -0.2) is 24.3 Å². The number of carboxylic acids is 1. The Kier molecular flexibility index (Phi) is 5.88. The zero-order valence-corrected chi connectivity index (χ0v) is 13.9. The highest BCUT2D eigenvalue weighted by atomic mass is 35.5. The summed E-state index contributed by atoms with van der Waals surface area (Å²) in [5.41, 5.74) is 2.71. The van der Waals surface area contributed by atoms with E-state index in [9.17, 15) is 4.79 Å². The number of aliphatic carboxylic acids is 1. The summed E-state index contributed by atoms with van der Waals surface area (Å²) in [6.45, 7) is 4.70. The number of aryl methyl sites for hydroxylation is 2. The van der Waals surface area contributed by atoms with Gasteiger partial charge in [-0.05, 0) is 54.8 Å². The second-order valence-corrected chi connectivity index (χ2v) is 5.66. The molecule has 0 aliphatic heterocycles. The van der Waals surface area contributed by atoms with Crippen LogP contribution >= 0.6 is 11.6 Å². The van der Waals surface area contributed by atoms with E-state index in [0.29, 0.717) is 19.0 Å². The van der Waals surface area contributed by atoms with E-state index >= 15 is 0 Å². The molecule has 122 valence electrons. The standard InChI is InChI=1S/C18H19ClO4/c1-12-9-16(10-13(2)18(12)19)23-8-7-22-15-5-3-14(4-6-15)11-17(20)21/h3-6,9-10H,7-8,11H2,1-2H3,(H,20,21). The van der Waals surface area contributed by atoms with E-state index in [1.54, 1.807) is 24.3 Å². The minimum absolute atomic E-state index is 0.0126. The summed E-state index contributed by atoms with van der Waals surface area (Å²) in [6.07, 6.45) is 0.0126. The Morgan fingerprint density at radius 2 is 1.52 bits per heavy atom. The first-order valence-corrected chi connectivity index (χ1v) is 7.66. The van der Waals surface area contributed by atoms with Crippen molar-refractivity contribution in [2.75, 3.05) is 13.2 Å². The van der Waals surface area contributed by atoms with Gasteiger partial charge < -0.3 is 14.6 Å². The fourth-order valence-electron chi connectivity index (χ4n) is 2.19. The Balaban J connectivity index is 1.80. The van der Waals surface area contributed by atoms with Gasteiger partial charge in [-0.3, -0.25) is 4.79 Å². The van der Waals surface area contributed by atoms with E-state index in [2.05, 4.69) is 0 Å². The molecule has 2 aromatic rings. The van der Waals surface area contributed by atoms with Gasteiger partial charge in [-0.15, -0.1) is 0 Å². The molecule has 0 fully saturated rings. The molecule has 0 saturated carbocycles. The topological polar surface area (TPSA) is 55.8 Å². The molecule has 2 rings (SSSR count). The molecular weight excluding hydrogens is 316 g/mol. The van der Waals surface area contributed by atoms with Crippen molar-refractivity contribution in [3.63, 3.8) is 0 Å². The third-order valence-corrected chi connectivity index (χ3v) is 3.91. The van der Waals surface area contributed by atoms with Gasteiger partial charge in [0.25, 0.3) is 0 Å².